The highest BCUT2D eigenvalue weighted by Crippen LogP contribution is 1.98. The summed E-state index contributed by atoms with van der Waals surface area (Å²) in [6.07, 6.45) is 0.181. The number of aliphatic carboxylic acids is 1. The van der Waals surface area contributed by atoms with Gasteiger partial charge in [0.1, 0.15) is 0 Å². The number of aryl methyl sites for hydroxylation is 1. The molecule has 1 aromatic rings. The molecule has 1 unspecified atom stereocenters. The largest absolute Gasteiger partial charge is 0.479 e. The Morgan fingerprint density at radius 1 is 1.37 bits per heavy atom. The Hall–Kier alpha value is -2.15. The Morgan fingerprint density at radius 3 is 2.68 bits per heavy atom. The molecule has 0 aliphatic heterocycles. The van der Waals surface area contributed by atoms with Gasteiger partial charge in [-0.25, -0.2) is 9.59 Å². The quantitative estimate of drug-likeness (QED) is 0.581. The zero-order chi connectivity index (χ0) is 14.3. The summed E-state index contributed by atoms with van der Waals surface area (Å²) in [7, 11) is 0. The normalized spacial score (nSPS) is 11.7. The first-order valence-electron chi connectivity index (χ1n) is 5.83. The van der Waals surface area contributed by atoms with Crippen LogP contribution in [0.2, 0.25) is 0 Å². The molecule has 0 aliphatic rings. The third-order valence-corrected chi connectivity index (χ3v) is 2.41. The number of carbonyl (C=O) groups is 2. The molecule has 0 aromatic carbocycles. The van der Waals surface area contributed by atoms with Gasteiger partial charge in [0.25, 0.3) is 0 Å². The molecule has 0 fully saturated rings. The number of aliphatic hydroxyl groups excluding tert-OH is 1. The van der Waals surface area contributed by atoms with E-state index in [1.54, 1.807) is 6.20 Å². The highest BCUT2D eigenvalue weighted by Gasteiger charge is 2.12. The van der Waals surface area contributed by atoms with E-state index in [4.69, 9.17) is 10.2 Å². The Balaban J connectivity index is 2.21. The molecule has 0 saturated heterocycles. The van der Waals surface area contributed by atoms with Crippen molar-refractivity contribution < 1.29 is 19.8 Å². The molecular formula is C12H17N3O4. The number of carbonyl (C=O) groups excluding carboxylic acids is 1. The van der Waals surface area contributed by atoms with Crippen molar-refractivity contribution >= 4 is 12.0 Å². The molecule has 1 atom stereocenters. The van der Waals surface area contributed by atoms with E-state index in [2.05, 4.69) is 15.6 Å². The van der Waals surface area contributed by atoms with Gasteiger partial charge < -0.3 is 20.8 Å². The number of nitrogens with zero attached hydrogens (tertiary/aromatic N) is 1. The number of urea groups is 1. The first kappa shape index (κ1) is 14.9. The van der Waals surface area contributed by atoms with Crippen LogP contribution in [0.1, 0.15) is 17.7 Å². The molecule has 1 heterocycles. The second kappa shape index (κ2) is 7.32. The predicted octanol–water partition coefficient (Wildman–Crippen LogP) is 0.0248. The van der Waals surface area contributed by atoms with Gasteiger partial charge in [0.15, 0.2) is 6.10 Å². The highest BCUT2D eigenvalue weighted by molar-refractivity contribution is 5.74. The summed E-state index contributed by atoms with van der Waals surface area (Å²) in [4.78, 5) is 25.8. The van der Waals surface area contributed by atoms with Crippen molar-refractivity contribution in [3.63, 3.8) is 0 Å². The first-order valence-corrected chi connectivity index (χ1v) is 5.83. The molecule has 4 N–H and O–H groups in total. The maximum atomic E-state index is 11.4. The van der Waals surface area contributed by atoms with Crippen LogP contribution in [0.5, 0.6) is 0 Å². The third-order valence-electron chi connectivity index (χ3n) is 2.41. The smallest absolute Gasteiger partial charge is 0.332 e. The molecule has 2 amide bonds. The summed E-state index contributed by atoms with van der Waals surface area (Å²) < 4.78 is 0. The van der Waals surface area contributed by atoms with E-state index in [1.165, 1.54) is 0 Å². The van der Waals surface area contributed by atoms with E-state index in [0.29, 0.717) is 6.54 Å². The summed E-state index contributed by atoms with van der Waals surface area (Å²) in [5.74, 6) is -1.30. The Kier molecular flexibility index (Phi) is 5.74. The molecule has 7 heteroatoms. The highest BCUT2D eigenvalue weighted by atomic mass is 16.4. The molecule has 7 nitrogen and oxygen atoms in total. The van der Waals surface area contributed by atoms with Crippen molar-refractivity contribution in [1.82, 2.24) is 15.6 Å². The van der Waals surface area contributed by atoms with Crippen molar-refractivity contribution in [3.8, 4) is 0 Å². The number of aromatic nitrogens is 1. The first-order chi connectivity index (χ1) is 8.99. The number of hydrogen-bond donors (Lipinski definition) is 4. The van der Waals surface area contributed by atoms with Crippen LogP contribution in [-0.4, -0.2) is 39.8 Å². The maximum absolute atomic E-state index is 11.4. The van der Waals surface area contributed by atoms with Gasteiger partial charge in [0.2, 0.25) is 0 Å². The topological polar surface area (TPSA) is 112 Å². The SMILES string of the molecule is Cc1ccc(CNC(=O)NCCC(O)C(=O)O)cn1. The summed E-state index contributed by atoms with van der Waals surface area (Å²) in [5.41, 5.74) is 1.77. The summed E-state index contributed by atoms with van der Waals surface area (Å²) >= 11 is 0. The van der Waals surface area contributed by atoms with Crippen LogP contribution in [-0.2, 0) is 11.3 Å². The zero-order valence-corrected chi connectivity index (χ0v) is 10.6. The number of amides is 2. The number of carboxylic acids is 1. The van der Waals surface area contributed by atoms with Gasteiger partial charge in [-0.05, 0) is 18.6 Å². The molecule has 0 spiro atoms. The lowest BCUT2D eigenvalue weighted by Gasteiger charge is -2.09. The third kappa shape index (κ3) is 5.82. The predicted molar refractivity (Wildman–Crippen MR) is 67.5 cm³/mol. The lowest BCUT2D eigenvalue weighted by Crippen LogP contribution is -2.37. The van der Waals surface area contributed by atoms with E-state index in [0.717, 1.165) is 11.3 Å². The molecule has 1 rings (SSSR count). The van der Waals surface area contributed by atoms with E-state index >= 15 is 0 Å². The maximum Gasteiger partial charge on any atom is 0.332 e. The Bertz CT molecular complexity index is 433. The van der Waals surface area contributed by atoms with Gasteiger partial charge in [0, 0.05) is 31.4 Å². The fourth-order valence-corrected chi connectivity index (χ4v) is 1.29. The van der Waals surface area contributed by atoms with Crippen LogP contribution in [0.4, 0.5) is 4.79 Å². The van der Waals surface area contributed by atoms with Gasteiger partial charge >= 0.3 is 12.0 Å². The van der Waals surface area contributed by atoms with Crippen LogP contribution >= 0.6 is 0 Å². The molecule has 0 aliphatic carbocycles. The molecule has 19 heavy (non-hydrogen) atoms. The minimum atomic E-state index is -1.46. The summed E-state index contributed by atoms with van der Waals surface area (Å²) in [6.45, 7) is 2.30. The molecule has 1 aromatic heterocycles. The number of rotatable bonds is 6. The van der Waals surface area contributed by atoms with E-state index < -0.39 is 18.1 Å². The molecule has 0 radical (unpaired) electrons. The van der Waals surface area contributed by atoms with Gasteiger partial charge in [-0.3, -0.25) is 4.98 Å². The standard InChI is InChI=1S/C12H17N3O4/c1-8-2-3-9(6-14-8)7-15-12(19)13-5-4-10(16)11(17)18/h2-3,6,10,16H,4-5,7H2,1H3,(H,17,18)(H2,13,15,19). The van der Waals surface area contributed by atoms with Crippen LogP contribution < -0.4 is 10.6 Å². The van der Waals surface area contributed by atoms with Crippen molar-refractivity contribution in [2.75, 3.05) is 6.54 Å². The lowest BCUT2D eigenvalue weighted by molar-refractivity contribution is -0.146. The number of pyridine rings is 1. The number of aliphatic hydroxyl groups is 1. The van der Waals surface area contributed by atoms with Crippen molar-refractivity contribution in [2.24, 2.45) is 0 Å². The monoisotopic (exact) mass is 267 g/mol. The van der Waals surface area contributed by atoms with Gasteiger partial charge in [-0.15, -0.1) is 0 Å². The second-order valence-electron chi connectivity index (χ2n) is 4.06. The minimum Gasteiger partial charge on any atom is -0.479 e. The fourth-order valence-electron chi connectivity index (χ4n) is 1.29. The average molecular weight is 267 g/mol. The Labute approximate surface area is 110 Å². The van der Waals surface area contributed by atoms with Gasteiger partial charge in [0.05, 0.1) is 0 Å². The fraction of sp³-hybridized carbons (Fsp3) is 0.417. The van der Waals surface area contributed by atoms with Gasteiger partial charge in [-0.2, -0.15) is 0 Å². The van der Waals surface area contributed by atoms with Gasteiger partial charge in [-0.1, -0.05) is 6.07 Å². The van der Waals surface area contributed by atoms with Crippen molar-refractivity contribution in [3.05, 3.63) is 29.6 Å². The summed E-state index contributed by atoms with van der Waals surface area (Å²) in [5, 5.41) is 22.5. The van der Waals surface area contributed by atoms with Crippen LogP contribution in [0.25, 0.3) is 0 Å². The van der Waals surface area contributed by atoms with E-state index in [1.807, 2.05) is 19.1 Å². The molecular weight excluding hydrogens is 250 g/mol. The van der Waals surface area contributed by atoms with E-state index in [-0.39, 0.29) is 13.0 Å². The number of hydrogen-bond acceptors (Lipinski definition) is 4. The average Bonchev–Trinajstić information content (AvgIpc) is 2.37. The van der Waals surface area contributed by atoms with Crippen molar-refractivity contribution in [1.29, 1.82) is 0 Å². The lowest BCUT2D eigenvalue weighted by atomic mass is 10.2. The van der Waals surface area contributed by atoms with Crippen molar-refractivity contribution in [2.45, 2.75) is 26.0 Å². The van der Waals surface area contributed by atoms with E-state index in [9.17, 15) is 9.59 Å². The zero-order valence-electron chi connectivity index (χ0n) is 10.6. The molecule has 0 saturated carbocycles. The number of carboxylic acid groups (broad SMARTS) is 1. The number of nitrogens with one attached hydrogen (secondary N) is 2. The summed E-state index contributed by atoms with van der Waals surface area (Å²) in [6, 6.07) is 3.28. The second-order valence-corrected chi connectivity index (χ2v) is 4.06. The van der Waals surface area contributed by atoms with Crippen LogP contribution in [0.3, 0.4) is 0 Å². The molecule has 0 bridgehead atoms. The minimum absolute atomic E-state index is 0.0329. The van der Waals surface area contributed by atoms with Crippen LogP contribution in [0.15, 0.2) is 18.3 Å². The van der Waals surface area contributed by atoms with Crippen LogP contribution in [0, 0.1) is 6.92 Å². The molecule has 104 valence electrons. The Morgan fingerprint density at radius 2 is 2.11 bits per heavy atom.